The Hall–Kier alpha value is -3.66. The molecule has 1 N–H and O–H groups in total. The van der Waals surface area contributed by atoms with Crippen molar-refractivity contribution in [3.05, 3.63) is 101 Å². The first-order chi connectivity index (χ1) is 13.1. The number of aliphatic imine (C=N–C) groups is 1. The van der Waals surface area contributed by atoms with Crippen molar-refractivity contribution in [2.45, 2.75) is 6.92 Å². The fourth-order valence-electron chi connectivity index (χ4n) is 2.96. The number of nitrogens with zero attached hydrogens (tertiary/aromatic N) is 2. The van der Waals surface area contributed by atoms with Gasteiger partial charge in [0, 0.05) is 5.56 Å². The van der Waals surface area contributed by atoms with E-state index in [-0.39, 0.29) is 11.7 Å². The summed E-state index contributed by atoms with van der Waals surface area (Å²) in [6.07, 6.45) is 1.79. The molecule has 1 aliphatic rings. The Morgan fingerprint density at radius 2 is 1.56 bits per heavy atom. The number of amides is 1. The highest BCUT2D eigenvalue weighted by Crippen LogP contribution is 2.29. The van der Waals surface area contributed by atoms with Crippen LogP contribution in [0.1, 0.15) is 16.7 Å². The number of aromatic hydroxyl groups is 1. The molecule has 0 saturated carbocycles. The van der Waals surface area contributed by atoms with E-state index in [1.165, 1.54) is 0 Å². The predicted octanol–water partition coefficient (Wildman–Crippen LogP) is 4.54. The van der Waals surface area contributed by atoms with E-state index in [4.69, 9.17) is 0 Å². The molecule has 3 aromatic rings. The van der Waals surface area contributed by atoms with Crippen molar-refractivity contribution in [3.63, 3.8) is 0 Å². The van der Waals surface area contributed by atoms with E-state index in [1.54, 1.807) is 35.2 Å². The minimum atomic E-state index is -0.194. The Morgan fingerprint density at radius 3 is 2.22 bits per heavy atom. The number of hydrogen-bond donors (Lipinski definition) is 1. The van der Waals surface area contributed by atoms with E-state index >= 15 is 0 Å². The van der Waals surface area contributed by atoms with Gasteiger partial charge in [-0.25, -0.2) is 4.99 Å². The number of phenolic OH excluding ortho intramolecular Hbond substituents is 1. The second-order valence-corrected chi connectivity index (χ2v) is 6.40. The van der Waals surface area contributed by atoms with Gasteiger partial charge < -0.3 is 5.11 Å². The van der Waals surface area contributed by atoms with Crippen LogP contribution < -0.4 is 4.90 Å². The number of amidine groups is 1. The van der Waals surface area contributed by atoms with Crippen LogP contribution in [-0.4, -0.2) is 16.8 Å². The van der Waals surface area contributed by atoms with Crippen molar-refractivity contribution >= 4 is 23.5 Å². The number of anilines is 1. The summed E-state index contributed by atoms with van der Waals surface area (Å²) in [6, 6.07) is 24.1. The summed E-state index contributed by atoms with van der Waals surface area (Å²) in [5.41, 5.74) is 3.96. The second-order valence-electron chi connectivity index (χ2n) is 6.40. The van der Waals surface area contributed by atoms with Gasteiger partial charge in [0.05, 0.1) is 5.69 Å². The molecule has 0 aliphatic carbocycles. The van der Waals surface area contributed by atoms with Gasteiger partial charge in [0.15, 0.2) is 0 Å². The van der Waals surface area contributed by atoms with Crippen LogP contribution in [0.2, 0.25) is 0 Å². The van der Waals surface area contributed by atoms with Gasteiger partial charge >= 0.3 is 0 Å². The van der Waals surface area contributed by atoms with Crippen molar-refractivity contribution in [1.29, 1.82) is 0 Å². The first-order valence-electron chi connectivity index (χ1n) is 8.68. The monoisotopic (exact) mass is 354 g/mol. The van der Waals surface area contributed by atoms with Gasteiger partial charge in [0.2, 0.25) is 0 Å². The third-order valence-electron chi connectivity index (χ3n) is 4.38. The maximum Gasteiger partial charge on any atom is 0.282 e. The first-order valence-corrected chi connectivity index (χ1v) is 8.68. The number of carbonyl (C=O) groups excluding carboxylic acids is 1. The molecule has 4 rings (SSSR count). The second kappa shape index (κ2) is 6.92. The lowest BCUT2D eigenvalue weighted by molar-refractivity contribution is -0.113. The van der Waals surface area contributed by atoms with Crippen molar-refractivity contribution in [2.75, 3.05) is 4.90 Å². The molecule has 0 radical (unpaired) electrons. The highest BCUT2D eigenvalue weighted by Gasteiger charge is 2.32. The molecule has 0 fully saturated rings. The average molecular weight is 354 g/mol. The molecule has 0 spiro atoms. The third-order valence-corrected chi connectivity index (χ3v) is 4.38. The predicted molar refractivity (Wildman–Crippen MR) is 108 cm³/mol. The van der Waals surface area contributed by atoms with Crippen LogP contribution in [0, 0.1) is 6.92 Å². The van der Waals surface area contributed by atoms with Gasteiger partial charge in [0.1, 0.15) is 17.3 Å². The third kappa shape index (κ3) is 3.37. The van der Waals surface area contributed by atoms with E-state index in [9.17, 15) is 9.90 Å². The number of carbonyl (C=O) groups is 1. The molecule has 0 atom stereocenters. The number of rotatable bonds is 3. The summed E-state index contributed by atoms with van der Waals surface area (Å²) < 4.78 is 0. The van der Waals surface area contributed by atoms with Crippen molar-refractivity contribution in [1.82, 2.24) is 0 Å². The van der Waals surface area contributed by atoms with Crippen LogP contribution in [0.5, 0.6) is 5.75 Å². The summed E-state index contributed by atoms with van der Waals surface area (Å²) in [6.45, 7) is 2.02. The van der Waals surface area contributed by atoms with E-state index < -0.39 is 0 Å². The Morgan fingerprint density at radius 1 is 0.889 bits per heavy atom. The summed E-state index contributed by atoms with van der Waals surface area (Å²) >= 11 is 0. The Bertz CT molecular complexity index is 1030. The van der Waals surface area contributed by atoms with Gasteiger partial charge in [-0.2, -0.15) is 0 Å². The van der Waals surface area contributed by atoms with E-state index in [0.717, 1.165) is 16.7 Å². The molecule has 4 heteroatoms. The SMILES string of the molecule is Cc1ccc(C2=NC(=Cc3ccccc3)C(=O)N2c2ccc(O)cc2)cc1. The standard InChI is InChI=1S/C23H18N2O2/c1-16-7-9-18(10-8-16)22-24-21(15-17-5-3-2-4-6-17)23(27)25(22)19-11-13-20(26)14-12-19/h2-15,26H,1H3. The van der Waals surface area contributed by atoms with E-state index in [1.807, 2.05) is 61.5 Å². The fraction of sp³-hybridized carbons (Fsp3) is 0.0435. The van der Waals surface area contributed by atoms with Crippen LogP contribution in [-0.2, 0) is 4.79 Å². The number of hydrogen-bond acceptors (Lipinski definition) is 3. The normalized spacial score (nSPS) is 15.3. The highest BCUT2D eigenvalue weighted by atomic mass is 16.3. The fourth-order valence-corrected chi connectivity index (χ4v) is 2.96. The van der Waals surface area contributed by atoms with Crippen LogP contribution >= 0.6 is 0 Å². The summed E-state index contributed by atoms with van der Waals surface area (Å²) in [5.74, 6) is 0.535. The smallest absolute Gasteiger partial charge is 0.282 e. The largest absolute Gasteiger partial charge is 0.508 e. The lowest BCUT2D eigenvalue weighted by Gasteiger charge is -2.18. The molecule has 0 bridgehead atoms. The van der Waals surface area contributed by atoms with Crippen LogP contribution in [0.25, 0.3) is 6.08 Å². The summed E-state index contributed by atoms with van der Waals surface area (Å²) in [5, 5.41) is 9.58. The average Bonchev–Trinajstić information content (AvgIpc) is 3.00. The molecule has 132 valence electrons. The molecule has 0 aromatic heterocycles. The Kier molecular flexibility index (Phi) is 4.30. The van der Waals surface area contributed by atoms with Gasteiger partial charge in [-0.15, -0.1) is 0 Å². The molecule has 27 heavy (non-hydrogen) atoms. The first kappa shape index (κ1) is 16.8. The van der Waals surface area contributed by atoms with Crippen molar-refractivity contribution < 1.29 is 9.90 Å². The Labute approximate surface area is 157 Å². The number of phenols is 1. The topological polar surface area (TPSA) is 52.9 Å². The van der Waals surface area contributed by atoms with Gasteiger partial charge in [-0.1, -0.05) is 60.2 Å². The maximum atomic E-state index is 13.1. The molecular weight excluding hydrogens is 336 g/mol. The molecule has 3 aromatic carbocycles. The zero-order chi connectivity index (χ0) is 18.8. The molecule has 4 nitrogen and oxygen atoms in total. The lowest BCUT2D eigenvalue weighted by Crippen LogP contribution is -2.32. The molecule has 0 saturated heterocycles. The molecule has 1 aliphatic heterocycles. The van der Waals surface area contributed by atoms with Crippen molar-refractivity contribution in [3.8, 4) is 5.75 Å². The maximum absolute atomic E-state index is 13.1. The minimum Gasteiger partial charge on any atom is -0.508 e. The zero-order valence-electron chi connectivity index (χ0n) is 14.8. The Balaban J connectivity index is 1.82. The van der Waals surface area contributed by atoms with Crippen LogP contribution in [0.15, 0.2) is 89.6 Å². The van der Waals surface area contributed by atoms with Gasteiger partial charge in [-0.05, 0) is 42.8 Å². The lowest BCUT2D eigenvalue weighted by atomic mass is 10.1. The highest BCUT2D eigenvalue weighted by molar-refractivity contribution is 6.33. The van der Waals surface area contributed by atoms with Gasteiger partial charge in [-0.3, -0.25) is 9.69 Å². The molecular formula is C23H18N2O2. The van der Waals surface area contributed by atoms with E-state index in [0.29, 0.717) is 17.2 Å². The summed E-state index contributed by atoms with van der Waals surface area (Å²) in [7, 11) is 0. The molecule has 1 heterocycles. The molecule has 0 unspecified atom stereocenters. The zero-order valence-corrected chi connectivity index (χ0v) is 14.8. The van der Waals surface area contributed by atoms with E-state index in [2.05, 4.69) is 4.99 Å². The van der Waals surface area contributed by atoms with Crippen LogP contribution in [0.4, 0.5) is 5.69 Å². The number of benzene rings is 3. The van der Waals surface area contributed by atoms with Crippen molar-refractivity contribution in [2.24, 2.45) is 4.99 Å². The number of aryl methyl sites for hydroxylation is 1. The molecule has 1 amide bonds. The quantitative estimate of drug-likeness (QED) is 0.702. The van der Waals surface area contributed by atoms with Crippen LogP contribution in [0.3, 0.4) is 0 Å². The summed E-state index contributed by atoms with van der Waals surface area (Å²) in [4.78, 5) is 19.3. The van der Waals surface area contributed by atoms with Gasteiger partial charge in [0.25, 0.3) is 5.91 Å². The minimum absolute atomic E-state index is 0.152.